The Morgan fingerprint density at radius 2 is 2.17 bits per heavy atom. The van der Waals surface area contributed by atoms with Crippen molar-refractivity contribution in [3.05, 3.63) is 23.7 Å². The van der Waals surface area contributed by atoms with Crippen molar-refractivity contribution in [2.75, 3.05) is 0 Å². The molecular formula is C9H10O3. The summed E-state index contributed by atoms with van der Waals surface area (Å²) < 4.78 is 4.94. The molecule has 0 aliphatic rings. The normalized spacial score (nSPS) is 10.2. The van der Waals surface area contributed by atoms with Gasteiger partial charge in [-0.3, -0.25) is 9.59 Å². The van der Waals surface area contributed by atoms with Crippen LogP contribution in [0.1, 0.15) is 35.0 Å². The number of rotatable bonds is 3. The predicted molar refractivity (Wildman–Crippen MR) is 43.3 cm³/mol. The number of hydrogen-bond donors (Lipinski definition) is 0. The lowest BCUT2D eigenvalue weighted by Crippen LogP contribution is -2.05. The van der Waals surface area contributed by atoms with Crippen LogP contribution in [0.2, 0.25) is 0 Å². The van der Waals surface area contributed by atoms with Gasteiger partial charge in [-0.1, -0.05) is 13.8 Å². The van der Waals surface area contributed by atoms with E-state index in [-0.39, 0.29) is 23.2 Å². The van der Waals surface area contributed by atoms with E-state index >= 15 is 0 Å². The summed E-state index contributed by atoms with van der Waals surface area (Å²) >= 11 is 0. The average molecular weight is 166 g/mol. The van der Waals surface area contributed by atoms with E-state index < -0.39 is 0 Å². The lowest BCUT2D eigenvalue weighted by atomic mass is 10.1. The molecule has 0 radical (unpaired) electrons. The van der Waals surface area contributed by atoms with Crippen LogP contribution >= 0.6 is 0 Å². The fourth-order valence-corrected chi connectivity index (χ4v) is 0.833. The molecular weight excluding hydrogens is 156 g/mol. The molecule has 0 saturated heterocycles. The monoisotopic (exact) mass is 166 g/mol. The number of hydrogen-bond acceptors (Lipinski definition) is 3. The van der Waals surface area contributed by atoms with Crippen LogP contribution in [0.3, 0.4) is 0 Å². The van der Waals surface area contributed by atoms with Gasteiger partial charge in [0.25, 0.3) is 0 Å². The molecule has 1 rings (SSSR count). The summed E-state index contributed by atoms with van der Waals surface area (Å²) in [4.78, 5) is 21.5. The van der Waals surface area contributed by atoms with Gasteiger partial charge >= 0.3 is 0 Å². The van der Waals surface area contributed by atoms with Crippen LogP contribution in [0.5, 0.6) is 0 Å². The molecule has 0 aliphatic heterocycles. The predicted octanol–water partition coefficient (Wildman–Crippen LogP) is 1.93. The van der Waals surface area contributed by atoms with Crippen LogP contribution in [0.4, 0.5) is 0 Å². The summed E-state index contributed by atoms with van der Waals surface area (Å²) in [6, 6.07) is 3.01. The van der Waals surface area contributed by atoms with Gasteiger partial charge in [0.05, 0.1) is 0 Å². The van der Waals surface area contributed by atoms with Crippen molar-refractivity contribution in [2.45, 2.75) is 13.8 Å². The quantitative estimate of drug-likeness (QED) is 0.509. The summed E-state index contributed by atoms with van der Waals surface area (Å²) in [6.45, 7) is 3.57. The molecule has 0 saturated carbocycles. The highest BCUT2D eigenvalue weighted by molar-refractivity contribution is 5.95. The molecule has 0 aliphatic carbocycles. The fourth-order valence-electron chi connectivity index (χ4n) is 0.833. The van der Waals surface area contributed by atoms with Crippen molar-refractivity contribution >= 4 is 12.1 Å². The van der Waals surface area contributed by atoms with E-state index in [1.807, 2.05) is 0 Å². The Morgan fingerprint density at radius 1 is 1.50 bits per heavy atom. The molecule has 3 nitrogen and oxygen atoms in total. The van der Waals surface area contributed by atoms with Crippen molar-refractivity contribution in [2.24, 2.45) is 5.92 Å². The first kappa shape index (κ1) is 8.71. The third-order valence-corrected chi connectivity index (χ3v) is 1.51. The van der Waals surface area contributed by atoms with Crippen LogP contribution in [0.15, 0.2) is 16.5 Å². The smallest absolute Gasteiger partial charge is 0.200 e. The van der Waals surface area contributed by atoms with Gasteiger partial charge in [-0.05, 0) is 12.1 Å². The molecule has 1 aromatic heterocycles. The van der Waals surface area contributed by atoms with E-state index in [1.165, 1.54) is 12.1 Å². The highest BCUT2D eigenvalue weighted by Gasteiger charge is 2.14. The Morgan fingerprint density at radius 3 is 2.58 bits per heavy atom. The first-order chi connectivity index (χ1) is 5.65. The number of carbonyl (C=O) groups is 2. The molecule has 0 unspecified atom stereocenters. The summed E-state index contributed by atoms with van der Waals surface area (Å²) in [5.41, 5.74) is 0. The first-order valence-electron chi connectivity index (χ1n) is 3.74. The Labute approximate surface area is 70.4 Å². The zero-order valence-corrected chi connectivity index (χ0v) is 7.03. The lowest BCUT2D eigenvalue weighted by Gasteiger charge is -1.97. The van der Waals surface area contributed by atoms with Gasteiger partial charge in [0.1, 0.15) is 0 Å². The minimum atomic E-state index is -0.101. The Hall–Kier alpha value is -1.38. The number of aldehydes is 1. The summed E-state index contributed by atoms with van der Waals surface area (Å²) in [7, 11) is 0. The molecule has 1 aromatic rings. The third-order valence-electron chi connectivity index (χ3n) is 1.51. The second kappa shape index (κ2) is 3.34. The number of furan rings is 1. The van der Waals surface area contributed by atoms with Gasteiger partial charge < -0.3 is 4.42 Å². The average Bonchev–Trinajstić information content (AvgIpc) is 2.50. The minimum Gasteiger partial charge on any atom is -0.450 e. The van der Waals surface area contributed by atoms with Crippen molar-refractivity contribution in [3.8, 4) is 0 Å². The van der Waals surface area contributed by atoms with Crippen molar-refractivity contribution < 1.29 is 14.0 Å². The summed E-state index contributed by atoms with van der Waals surface area (Å²) in [5.74, 6) is 0.268. The van der Waals surface area contributed by atoms with Gasteiger partial charge in [-0.2, -0.15) is 0 Å². The van der Waals surface area contributed by atoms with Crippen molar-refractivity contribution in [1.29, 1.82) is 0 Å². The van der Waals surface area contributed by atoms with E-state index in [0.29, 0.717) is 6.29 Å². The molecule has 0 N–H and O–H groups in total. The van der Waals surface area contributed by atoms with Crippen molar-refractivity contribution in [1.82, 2.24) is 0 Å². The molecule has 12 heavy (non-hydrogen) atoms. The second-order valence-electron chi connectivity index (χ2n) is 2.84. The zero-order chi connectivity index (χ0) is 9.14. The highest BCUT2D eigenvalue weighted by Crippen LogP contribution is 2.11. The number of Topliss-reactive ketones (excluding diaryl/α,β-unsaturated/α-hetero) is 1. The standard InChI is InChI=1S/C9H10O3/c1-6(2)9(11)8-4-3-7(5-10)12-8/h3-6H,1-2H3. The summed E-state index contributed by atoms with van der Waals surface area (Å²) in [6.07, 6.45) is 0.580. The second-order valence-corrected chi connectivity index (χ2v) is 2.84. The SMILES string of the molecule is CC(C)C(=O)c1ccc(C=O)o1. The van der Waals surface area contributed by atoms with Crippen molar-refractivity contribution in [3.63, 3.8) is 0 Å². The molecule has 0 atom stereocenters. The number of carbonyl (C=O) groups excluding carboxylic acids is 2. The topological polar surface area (TPSA) is 47.3 Å². The largest absolute Gasteiger partial charge is 0.450 e. The van der Waals surface area contributed by atoms with Gasteiger partial charge in [0, 0.05) is 5.92 Å². The molecule has 64 valence electrons. The zero-order valence-electron chi connectivity index (χ0n) is 7.03. The van der Waals surface area contributed by atoms with Gasteiger partial charge in [-0.25, -0.2) is 0 Å². The van der Waals surface area contributed by atoms with Crippen LogP contribution in [-0.2, 0) is 0 Å². The first-order valence-corrected chi connectivity index (χ1v) is 3.74. The van der Waals surface area contributed by atoms with E-state index in [1.54, 1.807) is 13.8 Å². The lowest BCUT2D eigenvalue weighted by molar-refractivity contribution is 0.0908. The van der Waals surface area contributed by atoms with E-state index in [2.05, 4.69) is 0 Å². The van der Waals surface area contributed by atoms with Crippen LogP contribution in [0.25, 0.3) is 0 Å². The van der Waals surface area contributed by atoms with E-state index in [9.17, 15) is 9.59 Å². The molecule has 0 bridgehead atoms. The Kier molecular flexibility index (Phi) is 2.43. The third kappa shape index (κ3) is 1.61. The van der Waals surface area contributed by atoms with Gasteiger partial charge in [-0.15, -0.1) is 0 Å². The fraction of sp³-hybridized carbons (Fsp3) is 0.333. The molecule has 3 heteroatoms. The molecule has 0 spiro atoms. The maximum atomic E-state index is 11.3. The van der Waals surface area contributed by atoms with Crippen LogP contribution in [0, 0.1) is 5.92 Å². The van der Waals surface area contributed by atoms with Crippen LogP contribution < -0.4 is 0 Å². The Bertz CT molecular complexity index is 296. The highest BCUT2D eigenvalue weighted by atomic mass is 16.4. The molecule has 0 amide bonds. The number of ketones is 1. The van der Waals surface area contributed by atoms with Crippen LogP contribution in [-0.4, -0.2) is 12.1 Å². The maximum Gasteiger partial charge on any atom is 0.200 e. The maximum absolute atomic E-state index is 11.3. The van der Waals surface area contributed by atoms with Gasteiger partial charge in [0.15, 0.2) is 17.8 Å². The molecule has 0 fully saturated rings. The van der Waals surface area contributed by atoms with E-state index in [4.69, 9.17) is 4.42 Å². The minimum absolute atomic E-state index is 0.0805. The molecule has 0 aromatic carbocycles. The molecule has 1 heterocycles. The summed E-state index contributed by atoms with van der Waals surface area (Å²) in [5, 5.41) is 0. The Balaban J connectivity index is 2.89. The van der Waals surface area contributed by atoms with E-state index in [0.717, 1.165) is 0 Å². The van der Waals surface area contributed by atoms with Gasteiger partial charge in [0.2, 0.25) is 5.78 Å².